The Bertz CT molecular complexity index is 978. The number of aryl methyl sites for hydroxylation is 2. The zero-order valence-electron chi connectivity index (χ0n) is 14.2. The van der Waals surface area contributed by atoms with Crippen LogP contribution < -0.4 is 10.6 Å². The molecule has 3 aromatic rings. The molecule has 0 radical (unpaired) electrons. The van der Waals surface area contributed by atoms with E-state index in [1.807, 2.05) is 32.0 Å². The first kappa shape index (κ1) is 17.3. The number of para-hydroxylation sites is 1. The van der Waals surface area contributed by atoms with E-state index in [1.165, 1.54) is 24.5 Å². The molecule has 0 bridgehead atoms. The average molecular weight is 353 g/mol. The van der Waals surface area contributed by atoms with Crippen LogP contribution in [0.4, 0.5) is 33.1 Å². The Balaban J connectivity index is 2.01. The van der Waals surface area contributed by atoms with Gasteiger partial charge >= 0.3 is 5.69 Å². The van der Waals surface area contributed by atoms with Gasteiger partial charge in [0.05, 0.1) is 10.6 Å². The van der Waals surface area contributed by atoms with Crippen molar-refractivity contribution in [2.75, 3.05) is 10.6 Å². The summed E-state index contributed by atoms with van der Waals surface area (Å²) in [6.07, 6.45) is 1.18. The van der Waals surface area contributed by atoms with E-state index in [0.29, 0.717) is 5.69 Å². The zero-order chi connectivity index (χ0) is 18.7. The largest absolute Gasteiger partial charge is 0.353 e. The standard InChI is InChI=1S/C18H16FN5O2/c1-11-7-8-14(12(2)9-11)22-17-16(24(25)26)18(21-10-20-17)23-15-6-4-3-5-13(15)19/h3-10H,1-2H3,(H2,20,21,22,23). The zero-order valence-corrected chi connectivity index (χ0v) is 14.2. The first-order valence-corrected chi connectivity index (χ1v) is 7.81. The minimum Gasteiger partial charge on any atom is -0.334 e. The Kier molecular flexibility index (Phi) is 4.74. The number of nitrogens with zero attached hydrogens (tertiary/aromatic N) is 3. The highest BCUT2D eigenvalue weighted by molar-refractivity contribution is 5.77. The maximum atomic E-state index is 13.9. The average Bonchev–Trinajstić information content (AvgIpc) is 2.59. The molecule has 0 aliphatic carbocycles. The summed E-state index contributed by atoms with van der Waals surface area (Å²) in [7, 11) is 0. The summed E-state index contributed by atoms with van der Waals surface area (Å²) >= 11 is 0. The van der Waals surface area contributed by atoms with E-state index >= 15 is 0 Å². The number of hydrogen-bond donors (Lipinski definition) is 2. The third-order valence-electron chi connectivity index (χ3n) is 3.77. The summed E-state index contributed by atoms with van der Waals surface area (Å²) in [6, 6.07) is 11.5. The summed E-state index contributed by atoms with van der Waals surface area (Å²) < 4.78 is 13.9. The van der Waals surface area contributed by atoms with Gasteiger partial charge in [0.15, 0.2) is 0 Å². The smallest absolute Gasteiger partial charge is 0.334 e. The first-order chi connectivity index (χ1) is 12.5. The van der Waals surface area contributed by atoms with Crippen LogP contribution >= 0.6 is 0 Å². The van der Waals surface area contributed by atoms with Gasteiger partial charge in [-0.25, -0.2) is 14.4 Å². The number of benzene rings is 2. The van der Waals surface area contributed by atoms with Crippen LogP contribution in [-0.2, 0) is 0 Å². The lowest BCUT2D eigenvalue weighted by Gasteiger charge is -2.12. The Hall–Kier alpha value is -3.55. The summed E-state index contributed by atoms with van der Waals surface area (Å²) in [4.78, 5) is 18.9. The molecule has 0 unspecified atom stereocenters. The Morgan fingerprint density at radius 2 is 1.65 bits per heavy atom. The topological polar surface area (TPSA) is 93.0 Å². The van der Waals surface area contributed by atoms with Crippen molar-refractivity contribution in [1.82, 2.24) is 9.97 Å². The van der Waals surface area contributed by atoms with Crippen molar-refractivity contribution in [2.45, 2.75) is 13.8 Å². The van der Waals surface area contributed by atoms with Crippen LogP contribution in [0.3, 0.4) is 0 Å². The quantitative estimate of drug-likeness (QED) is 0.513. The molecule has 8 heteroatoms. The van der Waals surface area contributed by atoms with Crippen molar-refractivity contribution in [1.29, 1.82) is 0 Å². The number of nitrogens with one attached hydrogen (secondary N) is 2. The van der Waals surface area contributed by atoms with Gasteiger partial charge in [0.1, 0.15) is 12.1 Å². The van der Waals surface area contributed by atoms with Crippen LogP contribution in [0.15, 0.2) is 48.8 Å². The molecule has 2 aromatic carbocycles. The van der Waals surface area contributed by atoms with Crippen molar-refractivity contribution < 1.29 is 9.31 Å². The molecule has 2 N–H and O–H groups in total. The van der Waals surface area contributed by atoms with E-state index < -0.39 is 10.7 Å². The van der Waals surface area contributed by atoms with Crippen molar-refractivity contribution >= 4 is 28.7 Å². The van der Waals surface area contributed by atoms with Gasteiger partial charge in [0.2, 0.25) is 11.6 Å². The molecule has 1 aromatic heterocycles. The molecule has 132 valence electrons. The highest BCUT2D eigenvalue weighted by atomic mass is 19.1. The third kappa shape index (κ3) is 3.59. The number of anilines is 4. The lowest BCUT2D eigenvalue weighted by molar-refractivity contribution is -0.383. The van der Waals surface area contributed by atoms with E-state index in [2.05, 4.69) is 20.6 Å². The predicted octanol–water partition coefficient (Wildman–Crippen LogP) is 4.63. The van der Waals surface area contributed by atoms with Crippen LogP contribution in [0.5, 0.6) is 0 Å². The summed E-state index contributed by atoms with van der Waals surface area (Å²) in [5, 5.41) is 17.2. The fourth-order valence-electron chi connectivity index (χ4n) is 2.51. The molecule has 0 fully saturated rings. The molecular formula is C18H16FN5O2. The van der Waals surface area contributed by atoms with Crippen LogP contribution in [0.1, 0.15) is 11.1 Å². The van der Waals surface area contributed by atoms with Gasteiger partial charge in [-0.2, -0.15) is 0 Å². The SMILES string of the molecule is Cc1ccc(Nc2ncnc(Nc3ccccc3F)c2[N+](=O)[O-])c(C)c1. The van der Waals surface area contributed by atoms with Crippen LogP contribution in [0, 0.1) is 29.8 Å². The number of halogens is 1. The minimum atomic E-state index is -0.602. The molecule has 0 saturated carbocycles. The second-order valence-electron chi connectivity index (χ2n) is 5.72. The normalized spacial score (nSPS) is 10.4. The van der Waals surface area contributed by atoms with Gasteiger partial charge in [0, 0.05) is 5.69 Å². The minimum absolute atomic E-state index is 0.0239. The Morgan fingerprint density at radius 1 is 1.00 bits per heavy atom. The second-order valence-corrected chi connectivity index (χ2v) is 5.72. The number of aromatic nitrogens is 2. The highest BCUT2D eigenvalue weighted by Crippen LogP contribution is 2.34. The summed E-state index contributed by atoms with van der Waals surface area (Å²) in [5.74, 6) is -0.609. The fourth-order valence-corrected chi connectivity index (χ4v) is 2.51. The van der Waals surface area contributed by atoms with Gasteiger partial charge < -0.3 is 10.6 Å². The monoisotopic (exact) mass is 353 g/mol. The molecule has 3 rings (SSSR count). The molecule has 0 saturated heterocycles. The highest BCUT2D eigenvalue weighted by Gasteiger charge is 2.24. The van der Waals surface area contributed by atoms with Crippen molar-refractivity contribution in [2.24, 2.45) is 0 Å². The molecule has 7 nitrogen and oxygen atoms in total. The molecule has 0 aliphatic rings. The van der Waals surface area contributed by atoms with Gasteiger partial charge in [-0.05, 0) is 37.6 Å². The number of hydrogen-bond acceptors (Lipinski definition) is 6. The first-order valence-electron chi connectivity index (χ1n) is 7.81. The second kappa shape index (κ2) is 7.14. The van der Waals surface area contributed by atoms with Crippen molar-refractivity contribution in [3.63, 3.8) is 0 Å². The third-order valence-corrected chi connectivity index (χ3v) is 3.77. The maximum Gasteiger partial charge on any atom is 0.353 e. The molecule has 0 atom stereocenters. The van der Waals surface area contributed by atoms with Gasteiger partial charge in [-0.1, -0.05) is 29.8 Å². The van der Waals surface area contributed by atoms with Gasteiger partial charge in [0.25, 0.3) is 0 Å². The lowest BCUT2D eigenvalue weighted by Crippen LogP contribution is -2.06. The van der Waals surface area contributed by atoms with E-state index in [1.54, 1.807) is 6.07 Å². The van der Waals surface area contributed by atoms with E-state index in [9.17, 15) is 14.5 Å². The van der Waals surface area contributed by atoms with E-state index in [0.717, 1.165) is 11.1 Å². The fraction of sp³-hybridized carbons (Fsp3) is 0.111. The van der Waals surface area contributed by atoms with E-state index in [4.69, 9.17) is 0 Å². The van der Waals surface area contributed by atoms with Crippen LogP contribution in [0.25, 0.3) is 0 Å². The molecule has 0 amide bonds. The van der Waals surface area contributed by atoms with Gasteiger partial charge in [-0.3, -0.25) is 10.1 Å². The summed E-state index contributed by atoms with van der Waals surface area (Å²) in [5.41, 5.74) is 2.41. The van der Waals surface area contributed by atoms with E-state index in [-0.39, 0.29) is 23.0 Å². The van der Waals surface area contributed by atoms with Crippen LogP contribution in [0.2, 0.25) is 0 Å². The van der Waals surface area contributed by atoms with Gasteiger partial charge in [-0.15, -0.1) is 0 Å². The predicted molar refractivity (Wildman–Crippen MR) is 97.6 cm³/mol. The number of rotatable bonds is 5. The molecular weight excluding hydrogens is 337 g/mol. The Labute approximate surface area is 149 Å². The summed E-state index contributed by atoms with van der Waals surface area (Å²) in [6.45, 7) is 3.85. The molecule has 0 aliphatic heterocycles. The molecule has 26 heavy (non-hydrogen) atoms. The number of nitro groups is 1. The lowest BCUT2D eigenvalue weighted by atomic mass is 10.1. The maximum absolute atomic E-state index is 13.9. The van der Waals surface area contributed by atoms with Crippen molar-refractivity contribution in [3.8, 4) is 0 Å². The Morgan fingerprint density at radius 3 is 2.27 bits per heavy atom. The molecule has 0 spiro atoms. The van der Waals surface area contributed by atoms with Crippen LogP contribution in [-0.4, -0.2) is 14.9 Å². The molecule has 1 heterocycles. The van der Waals surface area contributed by atoms with Crippen molar-refractivity contribution in [3.05, 3.63) is 75.9 Å².